The maximum Gasteiger partial charge on any atom is 0.293 e. The van der Waals surface area contributed by atoms with Crippen LogP contribution >= 0.6 is 0 Å². The maximum atomic E-state index is 13.5. The van der Waals surface area contributed by atoms with Crippen molar-refractivity contribution in [1.29, 1.82) is 5.26 Å². The highest BCUT2D eigenvalue weighted by Gasteiger charge is 2.28. The highest BCUT2D eigenvalue weighted by atomic mass is 32.2. The number of nitrogens with zero attached hydrogens (tertiary/aromatic N) is 3. The SMILES string of the molecule is Cc1cc(C)c(S(=O)(=O)c2nc(Nc3ccc(C#N)cc3)c(=O)n(C)c2C)c(C)c1. The molecule has 0 fully saturated rings. The quantitative estimate of drug-likeness (QED) is 0.690. The lowest BCUT2D eigenvalue weighted by molar-refractivity contribution is 0.586. The lowest BCUT2D eigenvalue weighted by Gasteiger charge is -2.16. The summed E-state index contributed by atoms with van der Waals surface area (Å²) in [6, 6.07) is 12.1. The summed E-state index contributed by atoms with van der Waals surface area (Å²) in [5.41, 5.74) is 3.02. The molecule has 1 N–H and O–H groups in total. The molecule has 3 rings (SSSR count). The van der Waals surface area contributed by atoms with E-state index in [0.29, 0.717) is 22.4 Å². The summed E-state index contributed by atoms with van der Waals surface area (Å²) in [5.74, 6) is -0.103. The van der Waals surface area contributed by atoms with Gasteiger partial charge in [-0.05, 0) is 63.1 Å². The number of hydrogen-bond acceptors (Lipinski definition) is 6. The van der Waals surface area contributed by atoms with Crippen LogP contribution in [0.25, 0.3) is 0 Å². The van der Waals surface area contributed by atoms with Gasteiger partial charge in [0, 0.05) is 12.7 Å². The average molecular weight is 423 g/mol. The monoisotopic (exact) mass is 422 g/mol. The van der Waals surface area contributed by atoms with Gasteiger partial charge in [0.15, 0.2) is 10.8 Å². The van der Waals surface area contributed by atoms with Crippen LogP contribution in [0.4, 0.5) is 11.5 Å². The molecule has 0 saturated heterocycles. The van der Waals surface area contributed by atoms with Crippen LogP contribution in [0.2, 0.25) is 0 Å². The van der Waals surface area contributed by atoms with E-state index in [4.69, 9.17) is 5.26 Å². The van der Waals surface area contributed by atoms with E-state index in [1.165, 1.54) is 11.6 Å². The van der Waals surface area contributed by atoms with Gasteiger partial charge >= 0.3 is 0 Å². The molecular formula is C22H22N4O3S. The van der Waals surface area contributed by atoms with E-state index in [9.17, 15) is 13.2 Å². The number of rotatable bonds is 4. The van der Waals surface area contributed by atoms with Crippen molar-refractivity contribution < 1.29 is 8.42 Å². The number of aromatic nitrogens is 2. The molecule has 3 aromatic rings. The molecule has 0 unspecified atom stereocenters. The highest BCUT2D eigenvalue weighted by molar-refractivity contribution is 7.91. The van der Waals surface area contributed by atoms with Crippen LogP contribution in [0.3, 0.4) is 0 Å². The summed E-state index contributed by atoms with van der Waals surface area (Å²) in [6.45, 7) is 6.97. The Bertz CT molecular complexity index is 1330. The molecule has 0 radical (unpaired) electrons. The molecule has 30 heavy (non-hydrogen) atoms. The lowest BCUT2D eigenvalue weighted by Crippen LogP contribution is -2.27. The molecule has 1 heterocycles. The molecule has 0 atom stereocenters. The first-order valence-corrected chi connectivity index (χ1v) is 10.7. The Hall–Kier alpha value is -3.44. The molecule has 8 heteroatoms. The number of hydrogen-bond donors (Lipinski definition) is 1. The summed E-state index contributed by atoms with van der Waals surface area (Å²) >= 11 is 0. The summed E-state index contributed by atoms with van der Waals surface area (Å²) in [7, 11) is -2.46. The van der Waals surface area contributed by atoms with Gasteiger partial charge in [-0.15, -0.1) is 0 Å². The number of nitriles is 1. The van der Waals surface area contributed by atoms with Crippen LogP contribution in [0.15, 0.2) is 51.1 Å². The zero-order valence-electron chi connectivity index (χ0n) is 17.4. The molecular weight excluding hydrogens is 400 g/mol. The standard InChI is InChI=1S/C22H22N4O3S/c1-13-10-14(2)19(15(3)11-13)30(28,29)21-16(4)26(5)22(27)20(25-21)24-18-8-6-17(12-23)7-9-18/h6-11H,1-5H3,(H,24,25). The normalized spacial score (nSPS) is 11.2. The fourth-order valence-electron chi connectivity index (χ4n) is 3.47. The molecule has 0 spiro atoms. The van der Waals surface area contributed by atoms with Gasteiger partial charge in [0.25, 0.3) is 5.56 Å². The van der Waals surface area contributed by atoms with Crippen molar-refractivity contribution in [3.05, 3.63) is 74.7 Å². The molecule has 7 nitrogen and oxygen atoms in total. The van der Waals surface area contributed by atoms with Gasteiger partial charge in [-0.2, -0.15) is 5.26 Å². The molecule has 0 saturated carbocycles. The van der Waals surface area contributed by atoms with Gasteiger partial charge < -0.3 is 9.88 Å². The van der Waals surface area contributed by atoms with Crippen LogP contribution in [-0.2, 0) is 16.9 Å². The van der Waals surface area contributed by atoms with Gasteiger partial charge in [0.1, 0.15) is 0 Å². The zero-order valence-corrected chi connectivity index (χ0v) is 18.3. The second-order valence-corrected chi connectivity index (χ2v) is 9.06. The Labute approximate surface area is 175 Å². The van der Waals surface area contributed by atoms with E-state index in [1.807, 2.05) is 25.1 Å². The third kappa shape index (κ3) is 3.72. The van der Waals surface area contributed by atoms with Crippen LogP contribution in [0.5, 0.6) is 0 Å². The fraction of sp³-hybridized carbons (Fsp3) is 0.227. The molecule has 0 bridgehead atoms. The number of anilines is 2. The summed E-state index contributed by atoms with van der Waals surface area (Å²) < 4.78 is 28.3. The molecule has 0 aliphatic heterocycles. The summed E-state index contributed by atoms with van der Waals surface area (Å²) in [6.07, 6.45) is 0. The molecule has 154 valence electrons. The van der Waals surface area contributed by atoms with Gasteiger partial charge in [0.2, 0.25) is 9.84 Å². The zero-order chi connectivity index (χ0) is 22.2. The number of aryl methyl sites for hydroxylation is 3. The van der Waals surface area contributed by atoms with Crippen molar-refractivity contribution in [3.63, 3.8) is 0 Å². The molecule has 0 amide bonds. The second-order valence-electron chi connectivity index (χ2n) is 7.26. The van der Waals surface area contributed by atoms with Crippen molar-refractivity contribution in [1.82, 2.24) is 9.55 Å². The topological polar surface area (TPSA) is 105 Å². The minimum Gasteiger partial charge on any atom is -0.336 e. The first kappa shape index (κ1) is 21.3. The van der Waals surface area contributed by atoms with Crippen molar-refractivity contribution in [2.24, 2.45) is 7.05 Å². The van der Waals surface area contributed by atoms with Crippen LogP contribution in [0.1, 0.15) is 27.9 Å². The predicted molar refractivity (Wildman–Crippen MR) is 115 cm³/mol. The van der Waals surface area contributed by atoms with E-state index < -0.39 is 15.4 Å². The van der Waals surface area contributed by atoms with E-state index >= 15 is 0 Å². The maximum absolute atomic E-state index is 13.5. The van der Waals surface area contributed by atoms with Gasteiger partial charge in [-0.1, -0.05) is 17.7 Å². The highest BCUT2D eigenvalue weighted by Crippen LogP contribution is 2.29. The van der Waals surface area contributed by atoms with E-state index in [0.717, 1.165) is 5.56 Å². The Morgan fingerprint density at radius 3 is 2.13 bits per heavy atom. The van der Waals surface area contributed by atoms with Crippen LogP contribution < -0.4 is 10.9 Å². The number of nitrogens with one attached hydrogen (secondary N) is 1. The number of benzene rings is 2. The Kier molecular flexibility index (Phi) is 5.51. The second kappa shape index (κ2) is 7.76. The predicted octanol–water partition coefficient (Wildman–Crippen LogP) is 3.46. The fourth-order valence-corrected chi connectivity index (χ4v) is 5.37. The van der Waals surface area contributed by atoms with Crippen LogP contribution in [0, 0.1) is 39.0 Å². The van der Waals surface area contributed by atoms with E-state index in [-0.39, 0.29) is 21.4 Å². The van der Waals surface area contributed by atoms with Gasteiger partial charge in [-0.3, -0.25) is 4.79 Å². The Balaban J connectivity index is 2.18. The molecule has 0 aliphatic carbocycles. The third-order valence-electron chi connectivity index (χ3n) is 4.94. The lowest BCUT2D eigenvalue weighted by atomic mass is 10.1. The van der Waals surface area contributed by atoms with Crippen molar-refractivity contribution in [2.75, 3.05) is 5.32 Å². The molecule has 0 aliphatic rings. The third-order valence-corrected chi connectivity index (χ3v) is 7.02. The van der Waals surface area contributed by atoms with Gasteiger partial charge in [-0.25, -0.2) is 13.4 Å². The molecule has 2 aromatic carbocycles. The van der Waals surface area contributed by atoms with Crippen molar-refractivity contribution >= 4 is 21.3 Å². The minimum atomic E-state index is -3.97. The Morgan fingerprint density at radius 1 is 1.03 bits per heavy atom. The van der Waals surface area contributed by atoms with E-state index in [2.05, 4.69) is 10.3 Å². The van der Waals surface area contributed by atoms with Crippen molar-refractivity contribution in [3.8, 4) is 6.07 Å². The van der Waals surface area contributed by atoms with Crippen molar-refractivity contribution in [2.45, 2.75) is 37.6 Å². The molecule has 1 aromatic heterocycles. The van der Waals surface area contributed by atoms with E-state index in [1.54, 1.807) is 45.0 Å². The first-order chi connectivity index (χ1) is 14.1. The Morgan fingerprint density at radius 2 is 1.60 bits per heavy atom. The average Bonchev–Trinajstić information content (AvgIpc) is 2.67. The van der Waals surface area contributed by atoms with Gasteiger partial charge in [0.05, 0.1) is 22.2 Å². The summed E-state index contributed by atoms with van der Waals surface area (Å²) in [5, 5.41) is 11.6. The smallest absolute Gasteiger partial charge is 0.293 e. The number of sulfone groups is 1. The largest absolute Gasteiger partial charge is 0.336 e. The first-order valence-electron chi connectivity index (χ1n) is 9.24. The van der Waals surface area contributed by atoms with Crippen LogP contribution in [-0.4, -0.2) is 18.0 Å². The summed E-state index contributed by atoms with van der Waals surface area (Å²) in [4.78, 5) is 17.1. The minimum absolute atomic E-state index is 0.103.